The van der Waals surface area contributed by atoms with Gasteiger partial charge < -0.3 is 14.7 Å². The minimum Gasteiger partial charge on any atom is -0.491 e. The summed E-state index contributed by atoms with van der Waals surface area (Å²) in [5.74, 6) is 0.994. The lowest BCUT2D eigenvalue weighted by Crippen LogP contribution is -2.52. The fourth-order valence-electron chi connectivity index (χ4n) is 6.05. The first kappa shape index (κ1) is 20.4. The highest BCUT2D eigenvalue weighted by atomic mass is 35.5. The number of hydrogen-bond donors (Lipinski definition) is 1. The van der Waals surface area contributed by atoms with Gasteiger partial charge in [-0.15, -0.1) is 0 Å². The molecule has 2 aromatic rings. The Kier molecular flexibility index (Phi) is 5.10. The van der Waals surface area contributed by atoms with Crippen molar-refractivity contribution in [1.82, 2.24) is 9.88 Å². The van der Waals surface area contributed by atoms with Gasteiger partial charge in [-0.05, 0) is 80.6 Å². The van der Waals surface area contributed by atoms with E-state index in [-0.39, 0.29) is 24.0 Å². The van der Waals surface area contributed by atoms with Gasteiger partial charge in [0.1, 0.15) is 18.2 Å². The smallest absolute Gasteiger partial charge is 0.237 e. The van der Waals surface area contributed by atoms with E-state index in [1.54, 1.807) is 29.3 Å². The molecule has 36 heavy (non-hydrogen) atoms. The topological polar surface area (TPSA) is 86.2 Å². The second kappa shape index (κ2) is 9.01. The van der Waals surface area contributed by atoms with Gasteiger partial charge in [0.15, 0.2) is 0 Å². The Labute approximate surface area is 220 Å². The van der Waals surface area contributed by atoms with Gasteiger partial charge in [-0.2, -0.15) is 0 Å². The van der Waals surface area contributed by atoms with Crippen LogP contribution in [0.1, 0.15) is 47.3 Å². The number of likely N-dealkylation sites (tertiary alicyclic amines) is 1. The third kappa shape index (κ3) is 3.86. The maximum Gasteiger partial charge on any atom is 0.237 e. The summed E-state index contributed by atoms with van der Waals surface area (Å²) in [6, 6.07) is 6.96. The molecule has 4 heterocycles. The monoisotopic (exact) mass is 513 g/mol. The van der Waals surface area contributed by atoms with Crippen LogP contribution in [0.4, 0.5) is 11.5 Å². The Balaban J connectivity index is 1.08. The first-order valence-corrected chi connectivity index (χ1v) is 12.9. The molecule has 2 amide bonds. The van der Waals surface area contributed by atoms with Crippen molar-refractivity contribution in [2.45, 2.75) is 56.1 Å². The SMILES string of the molecule is [2H]C([2H])([2H])N1C(=O)C2(CCN(CCOc3cnc4c(c3)CCC(=O)N4[C@H]3C[C@@H](O)C3)CC2)c2cc(Cl)ccc21. The predicted octanol–water partition coefficient (Wildman–Crippen LogP) is 2.93. The lowest BCUT2D eigenvalue weighted by Gasteiger charge is -2.42. The number of aliphatic hydroxyl groups excluding tert-OH is 1. The number of rotatable bonds is 5. The first-order valence-electron chi connectivity index (χ1n) is 14.1. The van der Waals surface area contributed by atoms with Gasteiger partial charge >= 0.3 is 0 Å². The summed E-state index contributed by atoms with van der Waals surface area (Å²) in [7, 11) is 0. The summed E-state index contributed by atoms with van der Waals surface area (Å²) >= 11 is 6.25. The Morgan fingerprint density at radius 3 is 2.78 bits per heavy atom. The number of halogens is 1. The van der Waals surface area contributed by atoms with Crippen LogP contribution in [0.2, 0.25) is 5.02 Å². The second-order valence-electron chi connectivity index (χ2n) is 10.3. The number of carbonyl (C=O) groups is 2. The minimum atomic E-state index is -2.56. The molecule has 1 saturated heterocycles. The van der Waals surface area contributed by atoms with Crippen molar-refractivity contribution >= 4 is 34.9 Å². The van der Waals surface area contributed by atoms with Crippen molar-refractivity contribution in [3.05, 3.63) is 46.6 Å². The summed E-state index contributed by atoms with van der Waals surface area (Å²) < 4.78 is 29.8. The van der Waals surface area contributed by atoms with Gasteiger partial charge in [0.2, 0.25) is 11.8 Å². The molecule has 1 N–H and O–H groups in total. The van der Waals surface area contributed by atoms with Crippen LogP contribution in [0.5, 0.6) is 5.75 Å². The molecule has 3 aliphatic heterocycles. The van der Waals surface area contributed by atoms with Crippen LogP contribution < -0.4 is 14.5 Å². The number of nitrogens with zero attached hydrogens (tertiary/aromatic N) is 4. The van der Waals surface area contributed by atoms with Gasteiger partial charge in [0.25, 0.3) is 0 Å². The Hall–Kier alpha value is -2.68. The van der Waals surface area contributed by atoms with E-state index < -0.39 is 12.4 Å². The number of aromatic nitrogens is 1. The van der Waals surface area contributed by atoms with E-state index in [1.807, 2.05) is 6.07 Å². The Morgan fingerprint density at radius 1 is 1.22 bits per heavy atom. The van der Waals surface area contributed by atoms with Crippen molar-refractivity contribution < 1.29 is 23.5 Å². The standard InChI is InChI=1S/C27H31ClN4O4/c1-30-23-4-3-18(28)13-22(23)27(26(30)35)6-8-31(9-7-27)10-11-36-21-12-17-2-5-24(34)32(25(17)29-16-21)19-14-20(33)15-19/h3-4,12-13,16,19-20,33H,2,5-11,14-15H2,1H3/t19-,20+/i1D3. The van der Waals surface area contributed by atoms with E-state index in [4.69, 9.17) is 20.5 Å². The number of pyridine rings is 1. The average Bonchev–Trinajstić information content (AvgIpc) is 3.11. The van der Waals surface area contributed by atoms with E-state index in [0.29, 0.717) is 92.6 Å². The number of hydrogen-bond acceptors (Lipinski definition) is 6. The molecule has 0 radical (unpaired) electrons. The molecule has 1 aliphatic carbocycles. The molecule has 8 nitrogen and oxygen atoms in total. The number of fused-ring (bicyclic) bond motifs is 3. The maximum atomic E-state index is 13.5. The highest BCUT2D eigenvalue weighted by Gasteiger charge is 2.51. The zero-order valence-electron chi connectivity index (χ0n) is 23.0. The molecule has 1 aromatic heterocycles. The zero-order valence-corrected chi connectivity index (χ0v) is 20.7. The van der Waals surface area contributed by atoms with Crippen LogP contribution in [0.15, 0.2) is 30.5 Å². The lowest BCUT2D eigenvalue weighted by atomic mass is 9.73. The molecule has 0 atom stereocenters. The number of aliphatic hydroxyl groups is 1. The molecule has 2 fully saturated rings. The van der Waals surface area contributed by atoms with Crippen LogP contribution in [-0.2, 0) is 21.4 Å². The third-order valence-corrected chi connectivity index (χ3v) is 8.42. The van der Waals surface area contributed by atoms with E-state index in [0.717, 1.165) is 10.5 Å². The average molecular weight is 514 g/mol. The van der Waals surface area contributed by atoms with Gasteiger partial charge in [-0.3, -0.25) is 19.4 Å². The number of likely N-dealkylation sites (N-methyl/N-ethyl adjacent to an activating group) is 1. The first-order chi connectivity index (χ1) is 18.6. The van der Waals surface area contributed by atoms with E-state index in [9.17, 15) is 14.7 Å². The van der Waals surface area contributed by atoms with Crippen LogP contribution in [-0.4, -0.2) is 72.2 Å². The van der Waals surface area contributed by atoms with Gasteiger partial charge in [-0.1, -0.05) is 11.6 Å². The highest BCUT2D eigenvalue weighted by Crippen LogP contribution is 2.48. The highest BCUT2D eigenvalue weighted by molar-refractivity contribution is 6.31. The minimum absolute atomic E-state index is 0.00907. The summed E-state index contributed by atoms with van der Waals surface area (Å²) in [6.07, 6.45) is 4.52. The summed E-state index contributed by atoms with van der Waals surface area (Å²) in [6.45, 7) is -0.216. The van der Waals surface area contributed by atoms with Crippen LogP contribution in [0.25, 0.3) is 0 Å². The molecular weight excluding hydrogens is 480 g/mol. The quantitative estimate of drug-likeness (QED) is 0.661. The number of ether oxygens (including phenoxy) is 1. The number of amides is 2. The lowest BCUT2D eigenvalue weighted by molar-refractivity contribution is -0.124. The Morgan fingerprint density at radius 2 is 2.03 bits per heavy atom. The van der Waals surface area contributed by atoms with Crippen molar-refractivity contribution in [3.63, 3.8) is 0 Å². The van der Waals surface area contributed by atoms with E-state index >= 15 is 0 Å². The normalized spacial score (nSPS) is 26.7. The molecule has 0 unspecified atom stereocenters. The molecule has 4 aliphatic rings. The fraction of sp³-hybridized carbons (Fsp3) is 0.519. The molecule has 1 saturated carbocycles. The number of aryl methyl sites for hydroxylation is 1. The van der Waals surface area contributed by atoms with Crippen molar-refractivity contribution in [2.24, 2.45) is 0 Å². The number of carbonyl (C=O) groups excluding carboxylic acids is 2. The van der Waals surface area contributed by atoms with Gasteiger partial charge in [-0.25, -0.2) is 4.98 Å². The summed E-state index contributed by atoms with van der Waals surface area (Å²) in [5, 5.41) is 10.2. The number of benzene rings is 1. The van der Waals surface area contributed by atoms with Crippen molar-refractivity contribution in [3.8, 4) is 5.75 Å². The molecule has 1 aromatic carbocycles. The molecule has 0 bridgehead atoms. The predicted molar refractivity (Wildman–Crippen MR) is 137 cm³/mol. The van der Waals surface area contributed by atoms with Crippen LogP contribution in [0.3, 0.4) is 0 Å². The molecule has 9 heteroatoms. The fourth-order valence-corrected chi connectivity index (χ4v) is 6.22. The van der Waals surface area contributed by atoms with Crippen LogP contribution in [0, 0.1) is 0 Å². The molecular formula is C27H31ClN4O4. The zero-order chi connectivity index (χ0) is 27.5. The van der Waals surface area contributed by atoms with Gasteiger partial charge in [0, 0.05) is 40.8 Å². The van der Waals surface area contributed by atoms with Crippen molar-refractivity contribution in [1.29, 1.82) is 0 Å². The molecule has 1 spiro atoms. The number of anilines is 2. The third-order valence-electron chi connectivity index (χ3n) is 8.19. The van der Waals surface area contributed by atoms with Gasteiger partial charge in [0.05, 0.1) is 17.7 Å². The summed E-state index contributed by atoms with van der Waals surface area (Å²) in [5.41, 5.74) is 1.23. The maximum absolute atomic E-state index is 13.5. The van der Waals surface area contributed by atoms with E-state index in [2.05, 4.69) is 9.88 Å². The summed E-state index contributed by atoms with van der Waals surface area (Å²) in [4.78, 5) is 35.4. The number of piperidine rings is 1. The molecule has 6 rings (SSSR count). The largest absolute Gasteiger partial charge is 0.491 e. The van der Waals surface area contributed by atoms with Crippen molar-refractivity contribution in [2.75, 3.05) is 43.0 Å². The van der Waals surface area contributed by atoms with E-state index in [1.165, 1.54) is 0 Å². The second-order valence-corrected chi connectivity index (χ2v) is 10.7. The van der Waals surface area contributed by atoms with Crippen LogP contribution >= 0.6 is 11.6 Å². The molecule has 190 valence electrons. The Bertz CT molecular complexity index is 1310.